The number of carbonyl (C=O) groups is 5. The van der Waals surface area contributed by atoms with Crippen LogP contribution in [0.5, 0.6) is 0 Å². The van der Waals surface area contributed by atoms with Crippen molar-refractivity contribution < 1.29 is 59.1 Å². The molecule has 20 aromatic rings. The van der Waals surface area contributed by atoms with Crippen LogP contribution in [0.25, 0.3) is 108 Å². The van der Waals surface area contributed by atoms with Crippen LogP contribution in [0.3, 0.4) is 0 Å². The highest BCUT2D eigenvalue weighted by molar-refractivity contribution is 9.10. The number of benzene rings is 10. The Balaban J connectivity index is 0.000000121. The summed E-state index contributed by atoms with van der Waals surface area (Å²) in [5.74, 6) is -6.32. The van der Waals surface area contributed by atoms with Crippen molar-refractivity contribution in [3.8, 4) is 54.9 Å². The summed E-state index contributed by atoms with van der Waals surface area (Å²) in [6.07, 6.45) is 8.07. The Morgan fingerprint density at radius 2 is 0.647 bits per heavy atom. The van der Waals surface area contributed by atoms with Crippen molar-refractivity contribution >= 4 is 208 Å². The van der Waals surface area contributed by atoms with E-state index in [4.69, 9.17) is 55.2 Å². The summed E-state index contributed by atoms with van der Waals surface area (Å²) >= 11 is 33.2. The van der Waals surface area contributed by atoms with Gasteiger partial charge in [-0.25, -0.2) is 71.2 Å². The lowest BCUT2D eigenvalue weighted by atomic mass is 10.1. The van der Waals surface area contributed by atoms with Gasteiger partial charge in [0, 0.05) is 122 Å². The van der Waals surface area contributed by atoms with E-state index in [1.165, 1.54) is 30.5 Å². The maximum Gasteiger partial charge on any atom is 0.262 e. The van der Waals surface area contributed by atoms with Crippen LogP contribution in [-0.4, -0.2) is 74.4 Å². The minimum atomic E-state index is -0.947. The minimum absolute atomic E-state index is 0.144. The first kappa shape index (κ1) is 91.5. The van der Waals surface area contributed by atoms with Crippen molar-refractivity contribution in [2.45, 2.75) is 13.8 Å². The van der Waals surface area contributed by atoms with E-state index in [0.717, 1.165) is 121 Å². The number of rotatable bonds is 15. The molecule has 0 saturated heterocycles. The molecule has 5 amide bonds. The van der Waals surface area contributed by atoms with E-state index in [2.05, 4.69) is 87.4 Å². The molecule has 0 spiro atoms. The number of anilines is 5. The Hall–Kier alpha value is -14.8. The largest absolute Gasteiger partial charge is 0.441 e. The Morgan fingerprint density at radius 3 is 0.992 bits per heavy atom. The standard InChI is InChI=1S/C20H11BrF2N2OS.C20H13Cl2N3O2.C20H12ClF2N3O2.C19H12ClN3OS.C19H11F2N3OS/c21-18-12-4-1-2-7-15(12)27-19(18)11-8-9-16(24-10-11)25-20(26)17-13(22)5-3-6-14(17)23;1-11-24-17-8-14(16(22)9-18(17)27-11)12-6-7-19(23-10-12)25-20(26)13-4-2-3-5-15(13)21;1-10-25-16-7-12(13(21)8-17(16)28-10)11-5-6-18(24-9-11)26-20(27)19-14(22)3-2-4-15(19)23;20-15-6-2-1-4-14(15)19(24)23-17-9-8-12(10-21-17)13-5-3-7-16-18(13)22-11-25-16;20-13-4-2-5-14(21)17(13)19(25)24-16-8-7-11(9-22-16)12-3-1-6-15-18(12)23-10-26-15/h1-10H,(H,24,25,26);2-10H,1H3,(H,23,25,26);2-9H,1H3,(H,24,26,27);1-11H,(H,21,23,24);1-10H,(H,22,24,25). The van der Waals surface area contributed by atoms with E-state index in [-0.39, 0.29) is 29.3 Å². The summed E-state index contributed by atoms with van der Waals surface area (Å²) in [5, 5.41) is 15.6. The predicted octanol–water partition coefficient (Wildman–Crippen LogP) is 27.5. The molecular weight excluding hydrogens is 1920 g/mol. The van der Waals surface area contributed by atoms with Gasteiger partial charge in [-0.15, -0.1) is 34.0 Å². The first-order valence-electron chi connectivity index (χ1n) is 39.5. The molecule has 658 valence electrons. The zero-order valence-corrected chi connectivity index (χ0v) is 75.5. The molecule has 0 fully saturated rings. The van der Waals surface area contributed by atoms with Gasteiger partial charge in [0.05, 0.1) is 67.5 Å². The van der Waals surface area contributed by atoms with E-state index >= 15 is 0 Å². The minimum Gasteiger partial charge on any atom is -0.441 e. The molecule has 0 bridgehead atoms. The van der Waals surface area contributed by atoms with E-state index in [1.54, 1.807) is 187 Å². The van der Waals surface area contributed by atoms with Gasteiger partial charge < -0.3 is 35.4 Å². The zero-order chi connectivity index (χ0) is 93.1. The molecule has 20 rings (SSSR count). The third-order valence-electron chi connectivity index (χ3n) is 19.8. The quantitative estimate of drug-likeness (QED) is 0.0596. The van der Waals surface area contributed by atoms with Crippen LogP contribution in [0.1, 0.15) is 63.6 Å². The smallest absolute Gasteiger partial charge is 0.262 e. The van der Waals surface area contributed by atoms with Crippen LogP contribution in [0.15, 0.2) is 304 Å². The zero-order valence-electron chi connectivity index (χ0n) is 68.5. The number of nitrogens with zero attached hydrogens (tertiary/aromatic N) is 9. The lowest BCUT2D eigenvalue weighted by molar-refractivity contribution is 0.101. The molecule has 0 aliphatic carbocycles. The van der Waals surface area contributed by atoms with Crippen molar-refractivity contribution in [2.75, 3.05) is 26.6 Å². The molecule has 21 nitrogen and oxygen atoms in total. The number of aromatic nitrogens is 9. The number of para-hydroxylation sites is 2. The van der Waals surface area contributed by atoms with Crippen LogP contribution in [-0.2, 0) is 0 Å². The van der Waals surface area contributed by atoms with Gasteiger partial charge in [0.1, 0.15) is 91.7 Å². The number of oxazole rings is 2. The van der Waals surface area contributed by atoms with Crippen molar-refractivity contribution in [2.24, 2.45) is 0 Å². The maximum absolute atomic E-state index is 13.7. The Labute approximate surface area is 790 Å². The molecule has 133 heavy (non-hydrogen) atoms. The van der Waals surface area contributed by atoms with Crippen molar-refractivity contribution in [1.29, 1.82) is 0 Å². The molecule has 0 unspecified atom stereocenters. The second kappa shape index (κ2) is 41.1. The summed E-state index contributed by atoms with van der Waals surface area (Å²) < 4.78 is 97.5. The number of hydrogen-bond acceptors (Lipinski definition) is 19. The van der Waals surface area contributed by atoms with E-state index in [1.807, 2.05) is 84.4 Å². The first-order valence-corrected chi connectivity index (χ1v) is 44.4. The second-order valence-corrected chi connectivity index (χ2v) is 33.7. The average Bonchev–Trinajstić information content (AvgIpc) is 1.72. The average molecular weight is 1980 g/mol. The molecule has 10 aromatic carbocycles. The topological polar surface area (TPSA) is 288 Å². The number of nitrogens with one attached hydrogen (secondary N) is 5. The maximum atomic E-state index is 13.7. The highest BCUT2D eigenvalue weighted by Crippen LogP contribution is 2.43. The molecule has 10 aromatic heterocycles. The summed E-state index contributed by atoms with van der Waals surface area (Å²) in [6.45, 7) is 3.52. The van der Waals surface area contributed by atoms with Gasteiger partial charge >= 0.3 is 0 Å². The molecule has 5 N–H and O–H groups in total. The molecule has 10 heterocycles. The van der Waals surface area contributed by atoms with Gasteiger partial charge in [-0.3, -0.25) is 24.0 Å². The lowest BCUT2D eigenvalue weighted by Gasteiger charge is -2.08. The second-order valence-electron chi connectivity index (χ2n) is 28.5. The molecular formula is C98H59BrCl4F6N14O7S3. The number of halogens is 11. The Morgan fingerprint density at radius 1 is 0.331 bits per heavy atom. The molecule has 0 saturated carbocycles. The Kier molecular flexibility index (Phi) is 28.3. The van der Waals surface area contributed by atoms with Crippen LogP contribution in [0.2, 0.25) is 20.1 Å². The van der Waals surface area contributed by atoms with Gasteiger partial charge in [-0.1, -0.05) is 131 Å². The predicted molar refractivity (Wildman–Crippen MR) is 514 cm³/mol. The Bertz CT molecular complexity index is 7760. The summed E-state index contributed by atoms with van der Waals surface area (Å²) in [4.78, 5) is 101. The summed E-state index contributed by atoms with van der Waals surface area (Å²) in [6, 6.07) is 67.7. The SMILES string of the molecule is Cc1nc2cc(-c3ccc(NC(=O)c4c(F)cccc4F)nc3)c(Cl)cc2o1.Cc1nc2cc(-c3ccc(NC(=O)c4ccccc4Cl)nc3)c(Cl)cc2o1.O=C(Nc1ccc(-c2cccc3scnc23)cn1)c1c(F)cccc1F.O=C(Nc1ccc(-c2cccc3scnc23)cn1)c1ccccc1Cl.O=C(Nc1ccc(-c2sc3ccccc3c2Br)cn1)c1c(F)cccc1F. The summed E-state index contributed by atoms with van der Waals surface area (Å²) in [7, 11) is 0. The van der Waals surface area contributed by atoms with Crippen LogP contribution >= 0.6 is 96.3 Å². The van der Waals surface area contributed by atoms with Gasteiger partial charge in [0.2, 0.25) is 0 Å². The molecule has 35 heteroatoms. The number of thiophene rings is 1. The van der Waals surface area contributed by atoms with Crippen molar-refractivity contribution in [1.82, 2.24) is 44.9 Å². The highest BCUT2D eigenvalue weighted by atomic mass is 79.9. The van der Waals surface area contributed by atoms with E-state index < -0.39 is 69.3 Å². The number of carbonyl (C=O) groups excluding carboxylic acids is 5. The van der Waals surface area contributed by atoms with Gasteiger partial charge in [0.25, 0.3) is 29.5 Å². The molecule has 0 radical (unpaired) electrons. The van der Waals surface area contributed by atoms with Crippen molar-refractivity contribution in [3.05, 3.63) is 390 Å². The summed E-state index contributed by atoms with van der Waals surface area (Å²) in [5.41, 5.74) is 14.5. The number of fused-ring (bicyclic) bond motifs is 5. The molecule has 0 aliphatic rings. The highest BCUT2D eigenvalue weighted by Gasteiger charge is 2.24. The van der Waals surface area contributed by atoms with Crippen LogP contribution in [0.4, 0.5) is 55.4 Å². The van der Waals surface area contributed by atoms with Gasteiger partial charge in [-0.2, -0.15) is 0 Å². The first-order chi connectivity index (χ1) is 64.3. The normalized spacial score (nSPS) is 10.9. The van der Waals surface area contributed by atoms with E-state index in [0.29, 0.717) is 82.4 Å². The number of aryl methyl sites for hydroxylation is 2. The van der Waals surface area contributed by atoms with E-state index in [9.17, 15) is 50.3 Å². The number of thiazole rings is 2. The monoisotopic (exact) mass is 1970 g/mol. The third kappa shape index (κ3) is 21.3. The third-order valence-corrected chi connectivity index (χ3v) is 24.9. The number of hydrogen-bond donors (Lipinski definition) is 5. The van der Waals surface area contributed by atoms with Gasteiger partial charge in [-0.05, 0) is 168 Å². The molecule has 0 aliphatic heterocycles. The fourth-order valence-corrected chi connectivity index (χ4v) is 17.9. The van der Waals surface area contributed by atoms with Crippen LogP contribution < -0.4 is 26.6 Å². The van der Waals surface area contributed by atoms with Crippen molar-refractivity contribution in [3.63, 3.8) is 0 Å². The fraction of sp³-hybridized carbons (Fsp3) is 0.0204. The number of pyridine rings is 5. The van der Waals surface area contributed by atoms with Gasteiger partial charge in [0.15, 0.2) is 22.9 Å². The fourth-order valence-electron chi connectivity index (χ4n) is 13.5. The number of amides is 5. The van der Waals surface area contributed by atoms with Crippen LogP contribution in [0, 0.1) is 48.8 Å². The lowest BCUT2D eigenvalue weighted by Crippen LogP contribution is -2.16. The molecule has 0 atom stereocenters.